The van der Waals surface area contributed by atoms with Gasteiger partial charge in [-0.3, -0.25) is 0 Å². The molecule has 0 radical (unpaired) electrons. The largest absolute Gasteiger partial charge is 0.497 e. The van der Waals surface area contributed by atoms with E-state index in [4.69, 9.17) is 14.4 Å². The highest BCUT2D eigenvalue weighted by Gasteiger charge is 2.14. The lowest BCUT2D eigenvalue weighted by Gasteiger charge is -1.98. The van der Waals surface area contributed by atoms with Crippen molar-refractivity contribution in [3.8, 4) is 5.75 Å². The summed E-state index contributed by atoms with van der Waals surface area (Å²) in [7, 11) is -2.10. The van der Waals surface area contributed by atoms with Gasteiger partial charge in [0.25, 0.3) is 0 Å². The van der Waals surface area contributed by atoms with Gasteiger partial charge < -0.3 is 9.26 Å². The molecule has 2 aromatic rings. The molecule has 0 aliphatic heterocycles. The minimum atomic E-state index is -3.62. The summed E-state index contributed by atoms with van der Waals surface area (Å²) in [6.45, 7) is 0. The Hall–Kier alpha value is -1.60. The van der Waals surface area contributed by atoms with E-state index < -0.39 is 10.0 Å². The van der Waals surface area contributed by atoms with Gasteiger partial charge in [-0.2, -0.15) is 0 Å². The first-order valence-corrected chi connectivity index (χ1v) is 6.14. The zero-order valence-electron chi connectivity index (χ0n) is 8.50. The lowest BCUT2D eigenvalue weighted by Crippen LogP contribution is -2.14. The molecule has 1 aromatic carbocycles. The van der Waals surface area contributed by atoms with E-state index in [2.05, 4.69) is 5.16 Å². The third-order valence-corrected chi connectivity index (χ3v) is 2.77. The van der Waals surface area contributed by atoms with Crippen LogP contribution in [-0.2, 0) is 15.8 Å². The predicted octanol–water partition coefficient (Wildman–Crippen LogP) is 0.625. The minimum Gasteiger partial charge on any atom is -0.497 e. The number of ether oxygens (including phenoxy) is 1. The van der Waals surface area contributed by atoms with E-state index in [1.165, 1.54) is 7.11 Å². The zero-order chi connectivity index (χ0) is 11.8. The SMILES string of the molecule is COc1ccc2onc(CS(N)(=O)=O)c2c1. The Kier molecular flexibility index (Phi) is 2.56. The molecule has 0 aliphatic carbocycles. The molecule has 2 rings (SSSR count). The second-order valence-electron chi connectivity index (χ2n) is 3.30. The molecule has 0 atom stereocenters. The molecule has 0 bridgehead atoms. The second kappa shape index (κ2) is 3.76. The normalized spacial score (nSPS) is 11.9. The number of primary sulfonamides is 1. The number of rotatable bonds is 3. The van der Waals surface area contributed by atoms with Crippen LogP contribution in [0.5, 0.6) is 5.75 Å². The highest BCUT2D eigenvalue weighted by molar-refractivity contribution is 7.88. The number of aromatic nitrogens is 1. The Morgan fingerprint density at radius 1 is 1.50 bits per heavy atom. The highest BCUT2D eigenvalue weighted by atomic mass is 32.2. The van der Waals surface area contributed by atoms with Crippen molar-refractivity contribution in [2.24, 2.45) is 5.14 Å². The van der Waals surface area contributed by atoms with Gasteiger partial charge in [-0.25, -0.2) is 13.6 Å². The molecule has 16 heavy (non-hydrogen) atoms. The number of hydrogen-bond acceptors (Lipinski definition) is 5. The maximum atomic E-state index is 11.0. The Labute approximate surface area is 92.0 Å². The molecule has 1 aromatic heterocycles. The molecule has 0 amide bonds. The Bertz CT molecular complexity index is 617. The van der Waals surface area contributed by atoms with Gasteiger partial charge in [0.05, 0.1) is 7.11 Å². The van der Waals surface area contributed by atoms with Gasteiger partial charge in [0.1, 0.15) is 17.2 Å². The number of hydrogen-bond donors (Lipinski definition) is 1. The minimum absolute atomic E-state index is 0.288. The molecule has 0 unspecified atom stereocenters. The van der Waals surface area contributed by atoms with Crippen LogP contribution in [0.15, 0.2) is 22.7 Å². The monoisotopic (exact) mass is 242 g/mol. The van der Waals surface area contributed by atoms with Crippen LogP contribution >= 0.6 is 0 Å². The van der Waals surface area contributed by atoms with Gasteiger partial charge in [0.2, 0.25) is 10.0 Å². The lowest BCUT2D eigenvalue weighted by molar-refractivity contribution is 0.415. The van der Waals surface area contributed by atoms with Crippen LogP contribution in [0.1, 0.15) is 5.69 Å². The van der Waals surface area contributed by atoms with E-state index in [-0.39, 0.29) is 11.4 Å². The van der Waals surface area contributed by atoms with Gasteiger partial charge in [-0.05, 0) is 18.2 Å². The van der Waals surface area contributed by atoms with Crippen molar-refractivity contribution < 1.29 is 17.7 Å². The molecule has 2 N–H and O–H groups in total. The summed E-state index contributed by atoms with van der Waals surface area (Å²) in [6, 6.07) is 5.02. The van der Waals surface area contributed by atoms with E-state index in [0.717, 1.165) is 0 Å². The fraction of sp³-hybridized carbons (Fsp3) is 0.222. The zero-order valence-corrected chi connectivity index (χ0v) is 9.32. The standard InChI is InChI=1S/C9H10N2O4S/c1-14-6-2-3-9-7(4-6)8(11-15-9)5-16(10,12)13/h2-4H,5H2,1H3,(H2,10,12,13). The average Bonchev–Trinajstić information content (AvgIpc) is 2.58. The molecular weight excluding hydrogens is 232 g/mol. The van der Waals surface area contributed by atoms with Crippen LogP contribution in [0.2, 0.25) is 0 Å². The van der Waals surface area contributed by atoms with Gasteiger partial charge in [0.15, 0.2) is 5.58 Å². The summed E-state index contributed by atoms with van der Waals surface area (Å²) in [4.78, 5) is 0. The Balaban J connectivity index is 2.54. The summed E-state index contributed by atoms with van der Waals surface area (Å²) in [6.07, 6.45) is 0. The molecule has 0 aliphatic rings. The molecule has 7 heteroatoms. The highest BCUT2D eigenvalue weighted by Crippen LogP contribution is 2.24. The Morgan fingerprint density at radius 3 is 2.88 bits per heavy atom. The summed E-state index contributed by atoms with van der Waals surface area (Å²) in [5, 5.41) is 9.21. The van der Waals surface area contributed by atoms with E-state index in [0.29, 0.717) is 16.7 Å². The van der Waals surface area contributed by atoms with E-state index in [1.54, 1.807) is 18.2 Å². The first-order chi connectivity index (χ1) is 7.49. The van der Waals surface area contributed by atoms with Crippen LogP contribution in [-0.4, -0.2) is 20.7 Å². The van der Waals surface area contributed by atoms with Crippen LogP contribution in [0.3, 0.4) is 0 Å². The van der Waals surface area contributed by atoms with Crippen molar-refractivity contribution in [3.05, 3.63) is 23.9 Å². The van der Waals surface area contributed by atoms with Crippen LogP contribution in [0.25, 0.3) is 11.0 Å². The molecule has 0 saturated carbocycles. The van der Waals surface area contributed by atoms with Crippen molar-refractivity contribution in [2.45, 2.75) is 5.75 Å². The number of benzene rings is 1. The van der Waals surface area contributed by atoms with Gasteiger partial charge in [-0.1, -0.05) is 5.16 Å². The molecule has 86 valence electrons. The number of fused-ring (bicyclic) bond motifs is 1. The summed E-state index contributed by atoms with van der Waals surface area (Å²) in [5.41, 5.74) is 0.788. The molecule has 6 nitrogen and oxygen atoms in total. The van der Waals surface area contributed by atoms with Crippen molar-refractivity contribution in [2.75, 3.05) is 7.11 Å². The first kappa shape index (κ1) is 10.9. The lowest BCUT2D eigenvalue weighted by atomic mass is 10.2. The summed E-state index contributed by atoms with van der Waals surface area (Å²) in [5.74, 6) is 0.249. The topological polar surface area (TPSA) is 95.4 Å². The van der Waals surface area contributed by atoms with E-state index in [1.807, 2.05) is 0 Å². The first-order valence-electron chi connectivity index (χ1n) is 4.42. The Morgan fingerprint density at radius 2 is 2.25 bits per heavy atom. The summed E-state index contributed by atoms with van der Waals surface area (Å²) < 4.78 is 31.9. The average molecular weight is 242 g/mol. The van der Waals surface area contributed by atoms with Gasteiger partial charge >= 0.3 is 0 Å². The van der Waals surface area contributed by atoms with Crippen molar-refractivity contribution in [3.63, 3.8) is 0 Å². The van der Waals surface area contributed by atoms with Gasteiger partial charge in [0, 0.05) is 5.39 Å². The molecule has 0 spiro atoms. The van der Waals surface area contributed by atoms with Crippen molar-refractivity contribution in [1.29, 1.82) is 0 Å². The maximum Gasteiger partial charge on any atom is 0.214 e. The third-order valence-electron chi connectivity index (χ3n) is 2.09. The second-order valence-corrected chi connectivity index (χ2v) is 4.91. The molecule has 0 saturated heterocycles. The number of methoxy groups -OCH3 is 1. The van der Waals surface area contributed by atoms with Crippen LogP contribution in [0.4, 0.5) is 0 Å². The van der Waals surface area contributed by atoms with Crippen molar-refractivity contribution in [1.82, 2.24) is 5.16 Å². The van der Waals surface area contributed by atoms with Crippen LogP contribution in [0, 0.1) is 0 Å². The molecule has 0 fully saturated rings. The van der Waals surface area contributed by atoms with E-state index >= 15 is 0 Å². The summed E-state index contributed by atoms with van der Waals surface area (Å²) >= 11 is 0. The van der Waals surface area contributed by atoms with Crippen molar-refractivity contribution >= 4 is 21.0 Å². The number of nitrogens with zero attached hydrogens (tertiary/aromatic N) is 1. The van der Waals surface area contributed by atoms with E-state index in [9.17, 15) is 8.42 Å². The quantitative estimate of drug-likeness (QED) is 0.851. The maximum absolute atomic E-state index is 11.0. The number of nitrogens with two attached hydrogens (primary N) is 1. The smallest absolute Gasteiger partial charge is 0.214 e. The fourth-order valence-corrected chi connectivity index (χ4v) is 1.98. The molecule has 1 heterocycles. The van der Waals surface area contributed by atoms with Crippen LogP contribution < -0.4 is 9.88 Å². The predicted molar refractivity (Wildman–Crippen MR) is 57.4 cm³/mol. The number of sulfonamides is 1. The third kappa shape index (κ3) is 2.15. The molecular formula is C9H10N2O4S. The van der Waals surface area contributed by atoms with Gasteiger partial charge in [-0.15, -0.1) is 0 Å². The fourth-order valence-electron chi connectivity index (χ4n) is 1.39.